The van der Waals surface area contributed by atoms with Gasteiger partial charge in [-0.25, -0.2) is 4.79 Å². The minimum atomic E-state index is -1.11. The lowest BCUT2D eigenvalue weighted by molar-refractivity contribution is 0.0689. The van der Waals surface area contributed by atoms with Gasteiger partial charge in [-0.2, -0.15) is 5.26 Å². The lowest BCUT2D eigenvalue weighted by Crippen LogP contribution is -2.06. The van der Waals surface area contributed by atoms with E-state index in [-0.39, 0.29) is 5.69 Å². The summed E-state index contributed by atoms with van der Waals surface area (Å²) < 4.78 is 0. The first-order valence-electron chi connectivity index (χ1n) is 5.49. The summed E-state index contributed by atoms with van der Waals surface area (Å²) in [5.74, 6) is -0.631. The number of rotatable bonds is 4. The average Bonchev–Trinajstić information content (AvgIpc) is 2.46. The second-order valence-corrected chi connectivity index (χ2v) is 3.77. The Bertz CT molecular complexity index is 632. The van der Waals surface area contributed by atoms with E-state index in [1.54, 1.807) is 24.3 Å². The molecule has 2 N–H and O–H groups in total. The summed E-state index contributed by atoms with van der Waals surface area (Å²) in [5, 5.41) is 27.8. The van der Waals surface area contributed by atoms with Gasteiger partial charge in [0.15, 0.2) is 5.69 Å². The van der Waals surface area contributed by atoms with E-state index >= 15 is 0 Å². The monoisotopic (exact) mass is 254 g/mol. The second-order valence-electron chi connectivity index (χ2n) is 3.77. The molecule has 0 aliphatic rings. The van der Waals surface area contributed by atoms with Crippen LogP contribution in [-0.4, -0.2) is 21.3 Å². The highest BCUT2D eigenvalue weighted by atomic mass is 16.4. The molecule has 0 amide bonds. The van der Waals surface area contributed by atoms with Crippen LogP contribution in [0.1, 0.15) is 21.6 Å². The first-order chi connectivity index (χ1) is 9.19. The molecule has 6 heteroatoms. The number of aromatic nitrogens is 2. The molecule has 1 heterocycles. The minimum Gasteiger partial charge on any atom is -0.476 e. The van der Waals surface area contributed by atoms with Gasteiger partial charge in [-0.1, -0.05) is 12.1 Å². The van der Waals surface area contributed by atoms with Crippen LogP contribution in [0.2, 0.25) is 0 Å². The normalized spacial score (nSPS) is 9.63. The lowest BCUT2D eigenvalue weighted by atomic mass is 10.1. The Balaban J connectivity index is 2.02. The van der Waals surface area contributed by atoms with Gasteiger partial charge >= 0.3 is 5.97 Å². The van der Waals surface area contributed by atoms with Gasteiger partial charge in [0.25, 0.3) is 0 Å². The van der Waals surface area contributed by atoms with Crippen molar-refractivity contribution in [1.29, 1.82) is 5.26 Å². The Morgan fingerprint density at radius 2 is 2.16 bits per heavy atom. The van der Waals surface area contributed by atoms with Crippen molar-refractivity contribution in [3.8, 4) is 6.07 Å². The van der Waals surface area contributed by atoms with Gasteiger partial charge < -0.3 is 10.4 Å². The predicted octanol–water partition coefficient (Wildman–Crippen LogP) is 1.66. The highest BCUT2D eigenvalue weighted by Crippen LogP contribution is 2.08. The highest BCUT2D eigenvalue weighted by Gasteiger charge is 2.04. The number of aromatic carboxylic acids is 1. The van der Waals surface area contributed by atoms with E-state index in [1.807, 2.05) is 6.07 Å². The standard InChI is InChI=1S/C13H10N4O2/c14-7-9-2-1-3-10(6-9)8-15-12-5-4-11(13(18)19)16-17-12/h1-6H,8H2,(H,15,17)(H,18,19). The molecule has 2 aromatic rings. The molecule has 0 saturated carbocycles. The maximum Gasteiger partial charge on any atom is 0.356 e. The van der Waals surface area contributed by atoms with Crippen LogP contribution in [0.25, 0.3) is 0 Å². The third kappa shape index (κ3) is 3.26. The largest absolute Gasteiger partial charge is 0.476 e. The summed E-state index contributed by atoms with van der Waals surface area (Å²) in [7, 11) is 0. The van der Waals surface area contributed by atoms with Crippen LogP contribution in [0.4, 0.5) is 5.82 Å². The SMILES string of the molecule is N#Cc1cccc(CNc2ccc(C(=O)O)nn2)c1. The molecule has 0 saturated heterocycles. The molecule has 0 atom stereocenters. The van der Waals surface area contributed by atoms with E-state index in [2.05, 4.69) is 21.6 Å². The molecule has 0 spiro atoms. The fraction of sp³-hybridized carbons (Fsp3) is 0.0769. The maximum atomic E-state index is 10.6. The van der Waals surface area contributed by atoms with Gasteiger partial charge in [0.1, 0.15) is 5.82 Å². The van der Waals surface area contributed by atoms with E-state index < -0.39 is 5.97 Å². The smallest absolute Gasteiger partial charge is 0.356 e. The molecule has 6 nitrogen and oxygen atoms in total. The predicted molar refractivity (Wildman–Crippen MR) is 67.5 cm³/mol. The van der Waals surface area contributed by atoms with Crippen LogP contribution in [0.3, 0.4) is 0 Å². The summed E-state index contributed by atoms with van der Waals surface area (Å²) in [6, 6.07) is 12.2. The molecule has 0 unspecified atom stereocenters. The van der Waals surface area contributed by atoms with E-state index in [0.717, 1.165) is 5.56 Å². The van der Waals surface area contributed by atoms with Crippen molar-refractivity contribution in [3.63, 3.8) is 0 Å². The van der Waals surface area contributed by atoms with Crippen LogP contribution >= 0.6 is 0 Å². The van der Waals surface area contributed by atoms with Crippen molar-refractivity contribution >= 4 is 11.8 Å². The molecular formula is C13H10N4O2. The third-order valence-electron chi connectivity index (χ3n) is 2.41. The number of anilines is 1. The topological polar surface area (TPSA) is 98.9 Å². The Morgan fingerprint density at radius 1 is 1.32 bits per heavy atom. The van der Waals surface area contributed by atoms with Crippen molar-refractivity contribution in [2.45, 2.75) is 6.54 Å². The van der Waals surface area contributed by atoms with Crippen molar-refractivity contribution < 1.29 is 9.90 Å². The molecule has 0 fully saturated rings. The summed E-state index contributed by atoms with van der Waals surface area (Å²) in [5.41, 5.74) is 1.42. The Morgan fingerprint density at radius 3 is 2.79 bits per heavy atom. The quantitative estimate of drug-likeness (QED) is 0.860. The number of hydrogen-bond acceptors (Lipinski definition) is 5. The molecule has 1 aromatic carbocycles. The molecular weight excluding hydrogens is 244 g/mol. The third-order valence-corrected chi connectivity index (χ3v) is 2.41. The van der Waals surface area contributed by atoms with E-state index in [9.17, 15) is 4.79 Å². The van der Waals surface area contributed by atoms with Crippen LogP contribution < -0.4 is 5.32 Å². The van der Waals surface area contributed by atoms with Gasteiger partial charge in [0.05, 0.1) is 11.6 Å². The van der Waals surface area contributed by atoms with Crippen molar-refractivity contribution in [2.75, 3.05) is 5.32 Å². The Labute approximate surface area is 109 Å². The molecule has 0 bridgehead atoms. The number of hydrogen-bond donors (Lipinski definition) is 2. The average molecular weight is 254 g/mol. The highest BCUT2D eigenvalue weighted by molar-refractivity contribution is 5.85. The molecule has 2 rings (SSSR count). The van der Waals surface area contributed by atoms with Crippen molar-refractivity contribution in [3.05, 3.63) is 53.2 Å². The number of benzene rings is 1. The summed E-state index contributed by atoms with van der Waals surface area (Å²) in [6.07, 6.45) is 0. The summed E-state index contributed by atoms with van der Waals surface area (Å²) in [6.45, 7) is 0.483. The zero-order valence-electron chi connectivity index (χ0n) is 9.87. The molecule has 0 aliphatic carbocycles. The Kier molecular flexibility index (Phi) is 3.69. The van der Waals surface area contributed by atoms with Gasteiger partial charge in [-0.05, 0) is 29.8 Å². The summed E-state index contributed by atoms with van der Waals surface area (Å²) in [4.78, 5) is 10.6. The summed E-state index contributed by atoms with van der Waals surface area (Å²) >= 11 is 0. The first-order valence-corrected chi connectivity index (χ1v) is 5.49. The molecule has 0 aliphatic heterocycles. The van der Waals surface area contributed by atoms with E-state index in [1.165, 1.54) is 6.07 Å². The van der Waals surface area contributed by atoms with Gasteiger partial charge in [0, 0.05) is 6.54 Å². The van der Waals surface area contributed by atoms with Crippen molar-refractivity contribution in [2.24, 2.45) is 0 Å². The van der Waals surface area contributed by atoms with Crippen LogP contribution in [-0.2, 0) is 6.54 Å². The van der Waals surface area contributed by atoms with Crippen LogP contribution in [0.5, 0.6) is 0 Å². The van der Waals surface area contributed by atoms with Crippen molar-refractivity contribution in [1.82, 2.24) is 10.2 Å². The zero-order chi connectivity index (χ0) is 13.7. The molecule has 0 radical (unpaired) electrons. The zero-order valence-corrected chi connectivity index (χ0v) is 9.87. The second kappa shape index (κ2) is 5.60. The first kappa shape index (κ1) is 12.5. The van der Waals surface area contributed by atoms with E-state index in [4.69, 9.17) is 10.4 Å². The van der Waals surface area contributed by atoms with Gasteiger partial charge in [-0.15, -0.1) is 10.2 Å². The number of nitrogens with zero attached hydrogens (tertiary/aromatic N) is 3. The van der Waals surface area contributed by atoms with Crippen LogP contribution in [0.15, 0.2) is 36.4 Å². The minimum absolute atomic E-state index is 0.1000. The molecule has 19 heavy (non-hydrogen) atoms. The number of carbonyl (C=O) groups is 1. The van der Waals surface area contributed by atoms with Crippen LogP contribution in [0, 0.1) is 11.3 Å². The van der Waals surface area contributed by atoms with E-state index in [0.29, 0.717) is 17.9 Å². The maximum absolute atomic E-state index is 10.6. The number of nitriles is 1. The number of nitrogens with one attached hydrogen (secondary N) is 1. The fourth-order valence-electron chi connectivity index (χ4n) is 1.48. The fourth-order valence-corrected chi connectivity index (χ4v) is 1.48. The number of carboxylic acids is 1. The van der Waals surface area contributed by atoms with Gasteiger partial charge in [-0.3, -0.25) is 0 Å². The molecule has 94 valence electrons. The molecule has 1 aromatic heterocycles. The Hall–Kier alpha value is -2.94. The van der Waals surface area contributed by atoms with Gasteiger partial charge in [0.2, 0.25) is 0 Å². The number of carboxylic acid groups (broad SMARTS) is 1. The lowest BCUT2D eigenvalue weighted by Gasteiger charge is -2.05.